The number of aliphatic imine (C=N–C) groups is 1. The van der Waals surface area contributed by atoms with Crippen molar-refractivity contribution in [1.29, 1.82) is 0 Å². The molecule has 0 bridgehead atoms. The number of fused-ring (bicyclic) bond motifs is 1. The minimum Gasteiger partial charge on any atom is -0.359 e. The van der Waals surface area contributed by atoms with Crippen LogP contribution in [0, 0.1) is 5.92 Å². The van der Waals surface area contributed by atoms with Crippen LogP contribution < -0.4 is 5.73 Å². The summed E-state index contributed by atoms with van der Waals surface area (Å²) >= 11 is 0. The molecule has 1 saturated carbocycles. The minimum absolute atomic E-state index is 0.563. The normalized spacial score (nSPS) is 38.8. The van der Waals surface area contributed by atoms with Crippen molar-refractivity contribution in [2.24, 2.45) is 16.6 Å². The molecular weight excluding hydrogens is 162 g/mol. The number of amidine groups is 1. The fourth-order valence-corrected chi connectivity index (χ4v) is 2.57. The Morgan fingerprint density at radius 1 is 1.54 bits per heavy atom. The number of nitrogens with zero attached hydrogens (tertiary/aromatic N) is 2. The number of rotatable bonds is 1. The van der Waals surface area contributed by atoms with E-state index in [1.54, 1.807) is 0 Å². The van der Waals surface area contributed by atoms with E-state index in [9.17, 15) is 0 Å². The van der Waals surface area contributed by atoms with Gasteiger partial charge in [0.15, 0.2) is 0 Å². The number of hydrogen-bond acceptors (Lipinski definition) is 3. The Morgan fingerprint density at radius 3 is 3.00 bits per heavy atom. The molecule has 0 amide bonds. The summed E-state index contributed by atoms with van der Waals surface area (Å²) < 4.78 is 0. The molecule has 3 heteroatoms. The van der Waals surface area contributed by atoms with Crippen molar-refractivity contribution >= 4 is 5.84 Å². The fraction of sp³-hybridized carbons (Fsp3) is 0.900. The molecule has 1 aliphatic heterocycles. The summed E-state index contributed by atoms with van der Waals surface area (Å²) in [6.07, 6.45) is 3.73. The van der Waals surface area contributed by atoms with E-state index < -0.39 is 0 Å². The summed E-state index contributed by atoms with van der Waals surface area (Å²) in [6, 6.07) is 1.20. The first kappa shape index (κ1) is 9.00. The number of nitrogens with two attached hydrogens (primary N) is 1. The van der Waals surface area contributed by atoms with Crippen molar-refractivity contribution in [3.8, 4) is 0 Å². The topological polar surface area (TPSA) is 41.6 Å². The summed E-state index contributed by atoms with van der Waals surface area (Å²) in [7, 11) is 2.16. The van der Waals surface area contributed by atoms with E-state index >= 15 is 0 Å². The van der Waals surface area contributed by atoms with Crippen molar-refractivity contribution in [1.82, 2.24) is 4.90 Å². The maximum absolute atomic E-state index is 5.71. The lowest BCUT2D eigenvalue weighted by Crippen LogP contribution is -2.41. The zero-order valence-corrected chi connectivity index (χ0v) is 8.53. The van der Waals surface area contributed by atoms with Gasteiger partial charge in [0.05, 0.1) is 17.9 Å². The molecule has 3 nitrogen and oxygen atoms in total. The Balaban J connectivity index is 2.05. The van der Waals surface area contributed by atoms with Crippen LogP contribution in [0.3, 0.4) is 0 Å². The van der Waals surface area contributed by atoms with Crippen molar-refractivity contribution in [2.75, 3.05) is 13.6 Å². The van der Waals surface area contributed by atoms with E-state index in [1.807, 2.05) is 0 Å². The van der Waals surface area contributed by atoms with Crippen LogP contribution in [0.25, 0.3) is 0 Å². The first-order valence-corrected chi connectivity index (χ1v) is 5.19. The van der Waals surface area contributed by atoms with Gasteiger partial charge in [-0.1, -0.05) is 0 Å². The Kier molecular flexibility index (Phi) is 2.28. The van der Waals surface area contributed by atoms with Crippen LogP contribution >= 0.6 is 0 Å². The van der Waals surface area contributed by atoms with Crippen LogP contribution in [0.1, 0.15) is 26.2 Å². The summed E-state index contributed by atoms with van der Waals surface area (Å²) in [5, 5.41) is 0. The lowest BCUT2D eigenvalue weighted by molar-refractivity contribution is 0.221. The largest absolute Gasteiger partial charge is 0.359 e. The molecule has 2 aliphatic rings. The fourth-order valence-electron chi connectivity index (χ4n) is 2.57. The van der Waals surface area contributed by atoms with E-state index in [0.29, 0.717) is 12.1 Å². The molecule has 1 aliphatic carbocycles. The summed E-state index contributed by atoms with van der Waals surface area (Å²) in [5.74, 6) is 1.93. The Morgan fingerprint density at radius 2 is 2.31 bits per heavy atom. The zero-order valence-electron chi connectivity index (χ0n) is 8.53. The van der Waals surface area contributed by atoms with E-state index in [-0.39, 0.29) is 0 Å². The van der Waals surface area contributed by atoms with Crippen LogP contribution in [-0.2, 0) is 0 Å². The van der Waals surface area contributed by atoms with Gasteiger partial charge in [-0.25, -0.2) is 0 Å². The van der Waals surface area contributed by atoms with Crippen molar-refractivity contribution in [3.63, 3.8) is 0 Å². The first-order valence-electron chi connectivity index (χ1n) is 5.19. The zero-order chi connectivity index (χ0) is 9.42. The molecular formula is C10H19N3. The van der Waals surface area contributed by atoms with Gasteiger partial charge in [0.2, 0.25) is 0 Å². The highest BCUT2D eigenvalue weighted by Gasteiger charge is 2.36. The van der Waals surface area contributed by atoms with E-state index in [2.05, 4.69) is 23.9 Å². The molecule has 1 fully saturated rings. The number of hydrogen-bond donors (Lipinski definition) is 1. The lowest BCUT2D eigenvalue weighted by Gasteiger charge is -2.34. The highest BCUT2D eigenvalue weighted by molar-refractivity contribution is 5.81. The molecule has 0 aromatic carbocycles. The van der Waals surface area contributed by atoms with Crippen LogP contribution in [0.15, 0.2) is 4.99 Å². The third-order valence-corrected chi connectivity index (χ3v) is 3.58. The average molecular weight is 181 g/mol. The molecule has 0 spiro atoms. The standard InChI is InChI=1S/C10H19N3/c1-7-12-9-4-3-8(6-11)5-10(9)13(7)2/h8-10H,3-6,11H2,1-2H3. The monoisotopic (exact) mass is 181 g/mol. The maximum atomic E-state index is 5.71. The van der Waals surface area contributed by atoms with Gasteiger partial charge >= 0.3 is 0 Å². The molecule has 3 atom stereocenters. The highest BCUT2D eigenvalue weighted by Crippen LogP contribution is 2.32. The lowest BCUT2D eigenvalue weighted by atomic mass is 9.83. The second-order valence-electron chi connectivity index (χ2n) is 4.34. The smallest absolute Gasteiger partial charge is 0.0962 e. The van der Waals surface area contributed by atoms with Crippen molar-refractivity contribution < 1.29 is 0 Å². The third kappa shape index (κ3) is 1.46. The van der Waals surface area contributed by atoms with Crippen LogP contribution in [0.5, 0.6) is 0 Å². The van der Waals surface area contributed by atoms with Gasteiger partial charge in [0, 0.05) is 7.05 Å². The summed E-state index contributed by atoms with van der Waals surface area (Å²) in [6.45, 7) is 2.95. The van der Waals surface area contributed by atoms with E-state index in [0.717, 1.165) is 12.5 Å². The quantitative estimate of drug-likeness (QED) is 0.651. The first-order chi connectivity index (χ1) is 6.22. The van der Waals surface area contributed by atoms with Crippen molar-refractivity contribution in [3.05, 3.63) is 0 Å². The summed E-state index contributed by atoms with van der Waals surface area (Å²) in [5.41, 5.74) is 5.71. The van der Waals surface area contributed by atoms with Crippen LogP contribution in [0.2, 0.25) is 0 Å². The Labute approximate surface area is 80.0 Å². The van der Waals surface area contributed by atoms with Gasteiger partial charge in [-0.05, 0) is 38.6 Å². The van der Waals surface area contributed by atoms with Gasteiger partial charge in [-0.3, -0.25) is 4.99 Å². The second kappa shape index (κ2) is 3.29. The average Bonchev–Trinajstić information content (AvgIpc) is 2.43. The molecule has 2 N–H and O–H groups in total. The molecule has 13 heavy (non-hydrogen) atoms. The summed E-state index contributed by atoms with van der Waals surface area (Å²) in [4.78, 5) is 6.99. The predicted octanol–water partition coefficient (Wildman–Crippen LogP) is 0.846. The van der Waals surface area contributed by atoms with E-state index in [4.69, 9.17) is 5.73 Å². The highest BCUT2D eigenvalue weighted by atomic mass is 15.3. The number of likely N-dealkylation sites (N-methyl/N-ethyl adjacent to an activating group) is 1. The van der Waals surface area contributed by atoms with Crippen LogP contribution in [0.4, 0.5) is 0 Å². The van der Waals surface area contributed by atoms with E-state index in [1.165, 1.54) is 25.1 Å². The predicted molar refractivity (Wildman–Crippen MR) is 54.8 cm³/mol. The second-order valence-corrected chi connectivity index (χ2v) is 4.34. The molecule has 0 aromatic heterocycles. The molecule has 74 valence electrons. The van der Waals surface area contributed by atoms with Gasteiger partial charge < -0.3 is 10.6 Å². The molecule has 3 unspecified atom stereocenters. The SMILES string of the molecule is CC1=NC2CCC(CN)CC2N1C. The van der Waals surface area contributed by atoms with Crippen LogP contribution in [-0.4, -0.2) is 36.4 Å². The molecule has 2 rings (SSSR count). The minimum atomic E-state index is 0.563. The molecule has 0 aromatic rings. The van der Waals surface area contributed by atoms with Crippen molar-refractivity contribution in [2.45, 2.75) is 38.3 Å². The molecule has 0 radical (unpaired) electrons. The van der Waals surface area contributed by atoms with Gasteiger partial charge in [0.1, 0.15) is 0 Å². The molecule has 0 saturated heterocycles. The van der Waals surface area contributed by atoms with Gasteiger partial charge in [0.25, 0.3) is 0 Å². The van der Waals surface area contributed by atoms with Gasteiger partial charge in [-0.15, -0.1) is 0 Å². The third-order valence-electron chi connectivity index (χ3n) is 3.58. The van der Waals surface area contributed by atoms with Gasteiger partial charge in [-0.2, -0.15) is 0 Å². The molecule has 1 heterocycles. The Hall–Kier alpha value is -0.570. The Bertz CT molecular complexity index is 224. The maximum Gasteiger partial charge on any atom is 0.0962 e.